The van der Waals surface area contributed by atoms with E-state index in [9.17, 15) is 14.4 Å². The lowest BCUT2D eigenvalue weighted by molar-refractivity contribution is -0.145. The van der Waals surface area contributed by atoms with E-state index in [0.29, 0.717) is 34.4 Å². The van der Waals surface area contributed by atoms with Gasteiger partial charge in [0.25, 0.3) is 5.91 Å². The summed E-state index contributed by atoms with van der Waals surface area (Å²) in [5.41, 5.74) is 3.67. The van der Waals surface area contributed by atoms with Gasteiger partial charge in [0.05, 0.1) is 29.6 Å². The van der Waals surface area contributed by atoms with Crippen LogP contribution in [-0.4, -0.2) is 72.0 Å². The van der Waals surface area contributed by atoms with E-state index in [4.69, 9.17) is 27.9 Å². The van der Waals surface area contributed by atoms with Crippen LogP contribution in [0.2, 0.25) is 10.0 Å². The Kier molecular flexibility index (Phi) is 6.30. The largest absolute Gasteiger partial charge is 0.469 e. The average molecular weight is 530 g/mol. The summed E-state index contributed by atoms with van der Waals surface area (Å²) in [6.07, 6.45) is 0.620. The number of ether oxygens (including phenoxy) is 1. The summed E-state index contributed by atoms with van der Waals surface area (Å²) < 4.78 is 4.90. The average Bonchev–Trinajstić information content (AvgIpc) is 3.43. The van der Waals surface area contributed by atoms with Gasteiger partial charge in [0.1, 0.15) is 0 Å². The van der Waals surface area contributed by atoms with Crippen molar-refractivity contribution in [1.82, 2.24) is 14.7 Å². The molecule has 0 saturated carbocycles. The number of benzene rings is 2. The number of aliphatic imine (C=N–C) groups is 1. The molecule has 3 aliphatic rings. The van der Waals surface area contributed by atoms with Crippen molar-refractivity contribution < 1.29 is 19.1 Å². The monoisotopic (exact) mass is 529 g/mol. The fraction of sp³-hybridized carbons (Fsp3) is 0.360. The molecule has 11 heteroatoms. The van der Waals surface area contributed by atoms with Crippen LogP contribution in [0.15, 0.2) is 41.4 Å². The number of amides is 3. The van der Waals surface area contributed by atoms with Crippen LogP contribution < -0.4 is 5.32 Å². The number of guanidine groups is 1. The van der Waals surface area contributed by atoms with Gasteiger partial charge in [-0.25, -0.2) is 9.79 Å². The van der Waals surface area contributed by atoms with Gasteiger partial charge >= 0.3 is 12.0 Å². The van der Waals surface area contributed by atoms with Crippen LogP contribution in [-0.2, 0) is 33.7 Å². The molecule has 36 heavy (non-hydrogen) atoms. The number of hydrogen-bond donors (Lipinski definition) is 1. The number of carbonyl (C=O) groups excluding carboxylic acids is 3. The molecule has 1 N–H and O–H groups in total. The highest BCUT2D eigenvalue weighted by atomic mass is 35.5. The number of likely N-dealkylation sites (N-methyl/N-ethyl adjacent to an activating group) is 2. The Morgan fingerprint density at radius 2 is 1.81 bits per heavy atom. The molecule has 2 heterocycles. The molecule has 0 spiro atoms. The van der Waals surface area contributed by atoms with Crippen molar-refractivity contribution >= 4 is 52.8 Å². The first-order valence-electron chi connectivity index (χ1n) is 11.5. The quantitative estimate of drug-likeness (QED) is 0.610. The van der Waals surface area contributed by atoms with E-state index in [0.717, 1.165) is 16.8 Å². The molecule has 2 aromatic carbocycles. The van der Waals surface area contributed by atoms with E-state index in [-0.39, 0.29) is 24.3 Å². The molecule has 1 saturated heterocycles. The molecule has 3 amide bonds. The number of hydrogen-bond acceptors (Lipinski definition) is 7. The van der Waals surface area contributed by atoms with Crippen molar-refractivity contribution in [3.8, 4) is 0 Å². The van der Waals surface area contributed by atoms with E-state index in [1.54, 1.807) is 37.2 Å². The van der Waals surface area contributed by atoms with Crippen molar-refractivity contribution in [2.75, 3.05) is 26.5 Å². The number of anilines is 1. The fourth-order valence-corrected chi connectivity index (χ4v) is 5.33. The maximum absolute atomic E-state index is 13.4. The molecule has 5 rings (SSSR count). The topological polar surface area (TPSA) is 94.5 Å². The third kappa shape index (κ3) is 4.16. The fourth-order valence-electron chi connectivity index (χ4n) is 5.01. The Labute approximate surface area is 218 Å². The summed E-state index contributed by atoms with van der Waals surface area (Å²) >= 11 is 12.1. The number of nitrogens with one attached hydrogen (secondary N) is 1. The molecule has 0 radical (unpaired) electrons. The van der Waals surface area contributed by atoms with Crippen molar-refractivity contribution in [1.29, 1.82) is 0 Å². The maximum Gasteiger partial charge on any atom is 0.328 e. The molecule has 2 aromatic rings. The molecule has 3 unspecified atom stereocenters. The van der Waals surface area contributed by atoms with Crippen molar-refractivity contribution in [3.05, 3.63) is 63.1 Å². The zero-order valence-electron chi connectivity index (χ0n) is 20.0. The van der Waals surface area contributed by atoms with Gasteiger partial charge in [0, 0.05) is 19.8 Å². The van der Waals surface area contributed by atoms with Gasteiger partial charge in [0.15, 0.2) is 12.2 Å². The number of esters is 1. The Balaban J connectivity index is 1.33. The molecule has 188 valence electrons. The van der Waals surface area contributed by atoms with Crippen LogP contribution in [0.1, 0.15) is 16.7 Å². The van der Waals surface area contributed by atoms with Crippen LogP contribution in [0.3, 0.4) is 0 Å². The summed E-state index contributed by atoms with van der Waals surface area (Å²) in [6.45, 7) is 0.0743. The van der Waals surface area contributed by atoms with Crippen LogP contribution >= 0.6 is 23.2 Å². The number of nitrogens with zero attached hydrogens (tertiary/aromatic N) is 4. The van der Waals surface area contributed by atoms with Gasteiger partial charge in [-0.15, -0.1) is 0 Å². The lowest BCUT2D eigenvalue weighted by Crippen LogP contribution is -2.64. The van der Waals surface area contributed by atoms with Crippen molar-refractivity contribution in [2.24, 2.45) is 10.9 Å². The Morgan fingerprint density at radius 1 is 1.06 bits per heavy atom. The van der Waals surface area contributed by atoms with Crippen molar-refractivity contribution in [2.45, 2.75) is 31.6 Å². The third-order valence-electron chi connectivity index (χ3n) is 6.99. The second-order valence-corrected chi connectivity index (χ2v) is 10.0. The Hall–Kier alpha value is -3.30. The predicted octanol–water partition coefficient (Wildman–Crippen LogP) is 3.38. The molecule has 1 fully saturated rings. The van der Waals surface area contributed by atoms with E-state index in [1.807, 2.05) is 18.2 Å². The standard InChI is InChI=1S/C25H25Cl2N5O4/c1-30-20-21(31(2)25(35)32(22(20)33)12-13-4-7-18(26)19(27)8-13)29-24(30)28-17-6-5-14-9-16(23(34)36-3)10-15(14)11-17/h4-8,11,16,20-21H,9-10,12H2,1-3H3,(H,28,29). The number of halogens is 2. The van der Waals surface area contributed by atoms with Gasteiger partial charge in [0.2, 0.25) is 5.96 Å². The highest BCUT2D eigenvalue weighted by Crippen LogP contribution is 2.32. The van der Waals surface area contributed by atoms with Gasteiger partial charge < -0.3 is 19.9 Å². The number of methoxy groups -OCH3 is 1. The molecule has 2 aliphatic heterocycles. The van der Waals surface area contributed by atoms with Crippen LogP contribution in [0.4, 0.5) is 10.5 Å². The molecular weight excluding hydrogens is 505 g/mol. The lowest BCUT2D eigenvalue weighted by Gasteiger charge is -2.40. The number of fused-ring (bicyclic) bond motifs is 2. The summed E-state index contributed by atoms with van der Waals surface area (Å²) in [5.74, 6) is -0.237. The normalized spacial score (nSPS) is 23.0. The van der Waals surface area contributed by atoms with Gasteiger partial charge in [-0.1, -0.05) is 35.3 Å². The maximum atomic E-state index is 13.4. The number of urea groups is 1. The molecule has 0 aromatic heterocycles. The SMILES string of the molecule is COC(=O)C1Cc2ccc(NC3=NC4C(C(=O)N(Cc5ccc(Cl)c(Cl)c5)C(=O)N4C)N3C)cc2C1. The predicted molar refractivity (Wildman–Crippen MR) is 136 cm³/mol. The minimum absolute atomic E-state index is 0.0743. The lowest BCUT2D eigenvalue weighted by atomic mass is 10.1. The molecule has 1 aliphatic carbocycles. The first kappa shape index (κ1) is 24.4. The van der Waals surface area contributed by atoms with Crippen LogP contribution in [0.5, 0.6) is 0 Å². The first-order chi connectivity index (χ1) is 17.2. The smallest absolute Gasteiger partial charge is 0.328 e. The number of imide groups is 1. The zero-order chi connectivity index (χ0) is 25.7. The van der Waals surface area contributed by atoms with E-state index >= 15 is 0 Å². The van der Waals surface area contributed by atoms with Crippen molar-refractivity contribution in [3.63, 3.8) is 0 Å². The second-order valence-electron chi connectivity index (χ2n) is 9.23. The molecule has 9 nitrogen and oxygen atoms in total. The second kappa shape index (κ2) is 9.29. The first-order valence-corrected chi connectivity index (χ1v) is 12.2. The summed E-state index contributed by atoms with van der Waals surface area (Å²) in [4.78, 5) is 47.6. The minimum atomic E-state index is -0.670. The van der Waals surface area contributed by atoms with Gasteiger partial charge in [-0.2, -0.15) is 0 Å². The summed E-state index contributed by atoms with van der Waals surface area (Å²) in [5, 5.41) is 4.05. The van der Waals surface area contributed by atoms with E-state index < -0.39 is 18.2 Å². The number of rotatable bonds is 4. The Morgan fingerprint density at radius 3 is 2.53 bits per heavy atom. The molecule has 3 atom stereocenters. The van der Waals surface area contributed by atoms with Gasteiger partial charge in [-0.3, -0.25) is 14.5 Å². The third-order valence-corrected chi connectivity index (χ3v) is 7.73. The molecular formula is C25H25Cl2N5O4. The van der Waals surface area contributed by atoms with Crippen LogP contribution in [0, 0.1) is 5.92 Å². The summed E-state index contributed by atoms with van der Waals surface area (Å²) in [6, 6.07) is 9.82. The van der Waals surface area contributed by atoms with E-state index in [2.05, 4.69) is 10.3 Å². The summed E-state index contributed by atoms with van der Waals surface area (Å²) in [7, 11) is 4.81. The Bertz CT molecular complexity index is 1300. The van der Waals surface area contributed by atoms with Gasteiger partial charge in [-0.05, 0) is 53.8 Å². The zero-order valence-corrected chi connectivity index (χ0v) is 21.5. The highest BCUT2D eigenvalue weighted by Gasteiger charge is 2.51. The minimum Gasteiger partial charge on any atom is -0.469 e. The van der Waals surface area contributed by atoms with Crippen LogP contribution in [0.25, 0.3) is 0 Å². The highest BCUT2D eigenvalue weighted by molar-refractivity contribution is 6.42. The van der Waals surface area contributed by atoms with E-state index in [1.165, 1.54) is 16.9 Å². The number of carbonyl (C=O) groups is 3. The molecule has 0 bridgehead atoms.